The van der Waals surface area contributed by atoms with Crippen molar-refractivity contribution in [1.82, 2.24) is 16.0 Å². The number of benzene rings is 1. The summed E-state index contributed by atoms with van der Waals surface area (Å²) in [6, 6.07) is 8.14. The first-order valence-electron chi connectivity index (χ1n) is 13.9. The molecular weight excluding hydrogens is 564 g/mol. The molecule has 4 atom stereocenters. The van der Waals surface area contributed by atoms with E-state index in [9.17, 15) is 24.0 Å². The number of carbonyl (C=O) groups excluding carboxylic acids is 2. The number of ether oxygens (including phenoxy) is 2. The lowest BCUT2D eigenvalue weighted by atomic mass is 10.00. The minimum Gasteiger partial charge on any atom is -0.480 e. The average Bonchev–Trinajstić information content (AvgIpc) is 3.49. The zero-order valence-electron chi connectivity index (χ0n) is 26.2. The van der Waals surface area contributed by atoms with E-state index >= 15 is 0 Å². The third kappa shape index (κ3) is 21.6. The number of methoxy groups -OCH3 is 1. The van der Waals surface area contributed by atoms with Crippen molar-refractivity contribution in [2.75, 3.05) is 27.2 Å². The van der Waals surface area contributed by atoms with Crippen molar-refractivity contribution in [1.29, 1.82) is 0 Å². The molecule has 1 amide bonds. The van der Waals surface area contributed by atoms with E-state index < -0.39 is 41.7 Å². The Morgan fingerprint density at radius 1 is 1.07 bits per heavy atom. The number of hydrogen-bond donors (Lipinski definition) is 7. The Bertz CT molecular complexity index is 964. The molecule has 8 N–H and O–H groups in total. The molecule has 43 heavy (non-hydrogen) atoms. The highest BCUT2D eigenvalue weighted by Gasteiger charge is 2.27. The number of carboxylic acid groups (broad SMARTS) is 3. The summed E-state index contributed by atoms with van der Waals surface area (Å²) in [6.45, 7) is 9.50. The Balaban J connectivity index is 0. The van der Waals surface area contributed by atoms with Crippen LogP contribution in [-0.4, -0.2) is 96.3 Å². The van der Waals surface area contributed by atoms with Gasteiger partial charge < -0.3 is 46.5 Å². The topological polar surface area (TPSA) is 227 Å². The second-order valence-electron chi connectivity index (χ2n) is 10.5. The van der Waals surface area contributed by atoms with E-state index in [0.717, 1.165) is 24.9 Å². The summed E-state index contributed by atoms with van der Waals surface area (Å²) in [5.74, 6) is -3.09. The van der Waals surface area contributed by atoms with Crippen LogP contribution >= 0.6 is 0 Å². The van der Waals surface area contributed by atoms with E-state index in [1.165, 1.54) is 7.11 Å². The van der Waals surface area contributed by atoms with Gasteiger partial charge in [0.25, 0.3) is 0 Å². The van der Waals surface area contributed by atoms with Gasteiger partial charge in [0.15, 0.2) is 0 Å². The van der Waals surface area contributed by atoms with Crippen LogP contribution in [0.1, 0.15) is 59.4 Å². The average molecular weight is 615 g/mol. The van der Waals surface area contributed by atoms with E-state index in [1.807, 2.05) is 37.3 Å². The van der Waals surface area contributed by atoms with Crippen LogP contribution in [0.4, 0.5) is 4.79 Å². The molecule has 0 aliphatic carbocycles. The maximum Gasteiger partial charge on any atom is 0.408 e. The smallest absolute Gasteiger partial charge is 0.408 e. The van der Waals surface area contributed by atoms with Gasteiger partial charge in [0.05, 0.1) is 13.7 Å². The van der Waals surface area contributed by atoms with Crippen molar-refractivity contribution in [3.63, 3.8) is 0 Å². The Morgan fingerprint density at radius 2 is 1.63 bits per heavy atom. The largest absolute Gasteiger partial charge is 0.480 e. The molecule has 1 saturated heterocycles. The van der Waals surface area contributed by atoms with Gasteiger partial charge in [0.1, 0.15) is 23.7 Å². The number of amides is 1. The predicted octanol–water partition coefficient (Wildman–Crippen LogP) is 1.85. The van der Waals surface area contributed by atoms with Crippen LogP contribution in [0.15, 0.2) is 30.3 Å². The Kier molecular flexibility index (Phi) is 21.9. The zero-order chi connectivity index (χ0) is 33.6. The molecule has 0 spiro atoms. The summed E-state index contributed by atoms with van der Waals surface area (Å²) >= 11 is 0. The van der Waals surface area contributed by atoms with Crippen LogP contribution in [-0.2, 0) is 35.1 Å². The van der Waals surface area contributed by atoms with E-state index in [2.05, 4.69) is 26.4 Å². The van der Waals surface area contributed by atoms with Gasteiger partial charge in [-0.2, -0.15) is 0 Å². The first-order chi connectivity index (χ1) is 20.0. The molecule has 1 aromatic rings. The third-order valence-corrected chi connectivity index (χ3v) is 5.80. The molecule has 14 nitrogen and oxygen atoms in total. The van der Waals surface area contributed by atoms with Crippen molar-refractivity contribution in [3.05, 3.63) is 35.9 Å². The van der Waals surface area contributed by atoms with Gasteiger partial charge in [-0.05, 0) is 65.1 Å². The van der Waals surface area contributed by atoms with Crippen LogP contribution in [0.3, 0.4) is 0 Å². The monoisotopic (exact) mass is 614 g/mol. The summed E-state index contributed by atoms with van der Waals surface area (Å²) in [4.78, 5) is 53.0. The molecule has 3 unspecified atom stereocenters. The molecule has 0 bridgehead atoms. The van der Waals surface area contributed by atoms with Gasteiger partial charge in [-0.1, -0.05) is 50.6 Å². The first-order valence-corrected chi connectivity index (χ1v) is 13.9. The van der Waals surface area contributed by atoms with Gasteiger partial charge in [-0.25, -0.2) is 9.59 Å². The molecule has 1 aliphatic rings. The second-order valence-corrected chi connectivity index (χ2v) is 10.5. The lowest BCUT2D eigenvalue weighted by molar-refractivity contribution is -0.143. The van der Waals surface area contributed by atoms with Crippen molar-refractivity contribution in [2.24, 2.45) is 11.7 Å². The molecule has 0 aromatic heterocycles. The number of nitrogens with one attached hydrogen (secondary N) is 3. The highest BCUT2D eigenvalue weighted by atomic mass is 16.6. The molecule has 1 aliphatic heterocycles. The Hall–Kier alpha value is -3.75. The summed E-state index contributed by atoms with van der Waals surface area (Å²) in [7, 11) is 3.07. The maximum absolute atomic E-state index is 11.4. The molecule has 1 fully saturated rings. The number of carboxylic acids is 3. The fraction of sp³-hybridized carbons (Fsp3) is 0.621. The number of carbonyl (C=O) groups is 5. The molecule has 1 heterocycles. The van der Waals surface area contributed by atoms with Crippen LogP contribution in [0, 0.1) is 5.92 Å². The normalized spacial score (nSPS) is 15.7. The fourth-order valence-electron chi connectivity index (χ4n) is 3.31. The fourth-order valence-corrected chi connectivity index (χ4v) is 3.31. The van der Waals surface area contributed by atoms with E-state index in [4.69, 9.17) is 20.1 Å². The molecule has 0 saturated carbocycles. The van der Waals surface area contributed by atoms with Crippen molar-refractivity contribution >= 4 is 30.0 Å². The molecule has 0 radical (unpaired) electrons. The van der Waals surface area contributed by atoms with Gasteiger partial charge in [-0.15, -0.1) is 0 Å². The summed E-state index contributed by atoms with van der Waals surface area (Å²) in [6.07, 6.45) is 2.51. The van der Waals surface area contributed by atoms with Crippen LogP contribution < -0.4 is 21.7 Å². The van der Waals surface area contributed by atoms with Crippen LogP contribution in [0.25, 0.3) is 0 Å². The van der Waals surface area contributed by atoms with Gasteiger partial charge in [-0.3, -0.25) is 14.4 Å². The van der Waals surface area contributed by atoms with Gasteiger partial charge in [0, 0.05) is 0 Å². The van der Waals surface area contributed by atoms with Gasteiger partial charge in [0.2, 0.25) is 0 Å². The quantitative estimate of drug-likeness (QED) is 0.187. The minimum absolute atomic E-state index is 0.0324. The molecule has 1 aromatic carbocycles. The summed E-state index contributed by atoms with van der Waals surface area (Å²) in [5, 5.41) is 33.5. The minimum atomic E-state index is -1.04. The lowest BCUT2D eigenvalue weighted by Gasteiger charge is -2.24. The first kappa shape index (κ1) is 41.4. The highest BCUT2D eigenvalue weighted by molar-refractivity contribution is 5.80. The van der Waals surface area contributed by atoms with Crippen molar-refractivity contribution in [3.8, 4) is 0 Å². The standard InChI is InChI=1S/C11H21NO4.C10H13NO2.C6H11NO2.C2H5NO2/c1-6-7(2)8(9(13)14)12-10(15)16-11(3,4)5;1-11-9(10(12)13)7-8-5-3-2-4-6-8;1-9-6(8)5-3-2-4-7-5;3-1-2(4)5/h7-8H,6H2,1-5H3,(H,12,15)(H,13,14);2-6,9,11H,7H2,1H3,(H,12,13);5,7H,2-4H2,1H3;1,3H2,(H,4,5)/t;;5-;/m..0./s1. The zero-order valence-corrected chi connectivity index (χ0v) is 26.2. The number of aliphatic carboxylic acids is 3. The summed E-state index contributed by atoms with van der Waals surface area (Å²) < 4.78 is 9.53. The number of rotatable bonds is 10. The highest BCUT2D eigenvalue weighted by Crippen LogP contribution is 2.11. The second kappa shape index (κ2) is 22.8. The third-order valence-electron chi connectivity index (χ3n) is 5.80. The number of hydrogen-bond acceptors (Lipinski definition) is 10. The molecular formula is C29H50N4O10. The summed E-state index contributed by atoms with van der Waals surface area (Å²) in [5.41, 5.74) is 4.98. The Morgan fingerprint density at radius 3 is 1.98 bits per heavy atom. The van der Waals surface area contributed by atoms with E-state index in [-0.39, 0.29) is 24.5 Å². The number of esters is 1. The number of alkyl carbamates (subject to hydrolysis) is 1. The number of nitrogens with two attached hydrogens (primary N) is 1. The molecule has 14 heteroatoms. The van der Waals surface area contributed by atoms with Crippen molar-refractivity contribution < 1.29 is 48.8 Å². The van der Waals surface area contributed by atoms with E-state index in [0.29, 0.717) is 12.8 Å². The molecule has 246 valence electrons. The number of likely N-dealkylation sites (N-methyl/N-ethyl adjacent to an activating group) is 1. The van der Waals surface area contributed by atoms with Crippen molar-refractivity contribution in [2.45, 2.75) is 84.0 Å². The Labute approximate surface area is 253 Å². The maximum atomic E-state index is 11.4. The SMILES string of the molecule is CCC(C)C(NC(=O)OC(C)(C)C)C(=O)O.CNC(Cc1ccccc1)C(=O)O.COC(=O)[C@@H]1CCCN1.NCC(=O)O. The van der Waals surface area contributed by atoms with E-state index in [1.54, 1.807) is 34.7 Å². The van der Waals surface area contributed by atoms with Gasteiger partial charge >= 0.3 is 30.0 Å². The van der Waals surface area contributed by atoms with Crippen LogP contribution in [0.2, 0.25) is 0 Å². The lowest BCUT2D eigenvalue weighted by Crippen LogP contribution is -2.46. The van der Waals surface area contributed by atoms with Crippen LogP contribution in [0.5, 0.6) is 0 Å². The predicted molar refractivity (Wildman–Crippen MR) is 161 cm³/mol. The molecule has 2 rings (SSSR count).